The highest BCUT2D eigenvalue weighted by molar-refractivity contribution is 14.1. The number of nitrogens with zero attached hydrogens (tertiary/aromatic N) is 3. The monoisotopic (exact) mass is 239 g/mol. The molecule has 0 atom stereocenters. The van der Waals surface area contributed by atoms with E-state index >= 15 is 0 Å². The molecule has 0 fully saturated rings. The third-order valence-corrected chi connectivity index (χ3v) is 1.33. The van der Waals surface area contributed by atoms with E-state index in [0.717, 1.165) is 3.70 Å². The molecular weight excluding hydrogens is 233 g/mol. The summed E-state index contributed by atoms with van der Waals surface area (Å²) in [4.78, 5) is 0. The van der Waals surface area contributed by atoms with Crippen molar-refractivity contribution in [1.29, 1.82) is 0 Å². The summed E-state index contributed by atoms with van der Waals surface area (Å²) in [5, 5.41) is 15.9. The Labute approximate surface area is 66.0 Å². The van der Waals surface area contributed by atoms with E-state index in [1.807, 2.05) is 0 Å². The van der Waals surface area contributed by atoms with Gasteiger partial charge in [0.2, 0.25) is 0 Å². The fourth-order valence-corrected chi connectivity index (χ4v) is 0.905. The summed E-state index contributed by atoms with van der Waals surface area (Å²) in [5.41, 5.74) is 0. The fourth-order valence-electron chi connectivity index (χ4n) is 0.487. The number of aliphatic hydroxyl groups excluding tert-OH is 1. The van der Waals surface area contributed by atoms with Crippen LogP contribution >= 0.6 is 22.6 Å². The number of aliphatic hydroxyl groups is 1. The van der Waals surface area contributed by atoms with Gasteiger partial charge in [0.05, 0.1) is 19.3 Å². The smallest absolute Gasteiger partial charge is 0.143 e. The molecule has 0 spiro atoms. The first kappa shape index (κ1) is 6.94. The van der Waals surface area contributed by atoms with Crippen LogP contribution < -0.4 is 0 Å². The predicted molar refractivity (Wildman–Crippen MR) is 39.8 cm³/mol. The molecule has 1 aromatic rings. The van der Waals surface area contributed by atoms with Crippen molar-refractivity contribution >= 4 is 22.6 Å². The lowest BCUT2D eigenvalue weighted by Crippen LogP contribution is -2.01. The van der Waals surface area contributed by atoms with Crippen molar-refractivity contribution < 1.29 is 5.11 Å². The van der Waals surface area contributed by atoms with Crippen LogP contribution in [0.25, 0.3) is 0 Å². The van der Waals surface area contributed by atoms with E-state index in [2.05, 4.69) is 32.9 Å². The fraction of sp³-hybridized carbons (Fsp3) is 0.500. The molecule has 0 amide bonds. The van der Waals surface area contributed by atoms with E-state index in [-0.39, 0.29) is 6.61 Å². The first-order valence-electron chi connectivity index (χ1n) is 2.49. The molecule has 1 rings (SSSR count). The van der Waals surface area contributed by atoms with Gasteiger partial charge in [0.1, 0.15) is 3.70 Å². The molecule has 0 radical (unpaired) electrons. The lowest BCUT2D eigenvalue weighted by atomic mass is 10.7. The van der Waals surface area contributed by atoms with Crippen LogP contribution in [0.5, 0.6) is 0 Å². The molecule has 0 saturated carbocycles. The lowest BCUT2D eigenvalue weighted by molar-refractivity contribution is 0.268. The Hall–Kier alpha value is -0.170. The summed E-state index contributed by atoms with van der Waals surface area (Å²) in [5.74, 6) is 0. The number of halogens is 1. The quantitative estimate of drug-likeness (QED) is 0.731. The molecule has 0 bridgehead atoms. The van der Waals surface area contributed by atoms with Crippen LogP contribution in [0.4, 0.5) is 0 Å². The topological polar surface area (TPSA) is 50.9 Å². The molecule has 9 heavy (non-hydrogen) atoms. The average Bonchev–Trinajstić information content (AvgIpc) is 2.17. The molecule has 1 N–H and O–H groups in total. The number of rotatable bonds is 2. The van der Waals surface area contributed by atoms with Gasteiger partial charge >= 0.3 is 0 Å². The zero-order chi connectivity index (χ0) is 6.69. The van der Waals surface area contributed by atoms with Crippen molar-refractivity contribution in [2.75, 3.05) is 6.61 Å². The van der Waals surface area contributed by atoms with Gasteiger partial charge in [0.25, 0.3) is 0 Å². The molecule has 0 aliphatic carbocycles. The highest BCUT2D eigenvalue weighted by atomic mass is 127. The Morgan fingerprint density at radius 3 is 3.00 bits per heavy atom. The van der Waals surface area contributed by atoms with E-state index in [4.69, 9.17) is 5.11 Å². The molecule has 4 nitrogen and oxygen atoms in total. The van der Waals surface area contributed by atoms with Crippen molar-refractivity contribution in [2.24, 2.45) is 0 Å². The van der Waals surface area contributed by atoms with Gasteiger partial charge in [0, 0.05) is 0 Å². The molecule has 1 aromatic heterocycles. The number of aromatic nitrogens is 3. The van der Waals surface area contributed by atoms with Gasteiger partial charge in [-0.2, -0.15) is 0 Å². The van der Waals surface area contributed by atoms with Crippen LogP contribution in [0.1, 0.15) is 0 Å². The molecule has 0 aliphatic rings. The zero-order valence-corrected chi connectivity index (χ0v) is 6.82. The third kappa shape index (κ3) is 1.90. The molecule has 0 aliphatic heterocycles. The van der Waals surface area contributed by atoms with Crippen LogP contribution in [0.3, 0.4) is 0 Å². The Bertz CT molecular complexity index is 188. The van der Waals surface area contributed by atoms with Gasteiger partial charge in [-0.15, -0.1) is 5.10 Å². The van der Waals surface area contributed by atoms with Crippen LogP contribution in [0.15, 0.2) is 6.20 Å². The Kier molecular flexibility index (Phi) is 2.40. The van der Waals surface area contributed by atoms with E-state index in [9.17, 15) is 0 Å². The standard InChI is InChI=1S/C4H6IN3O/c5-4-3-8(1-2-9)7-6-4/h3,9H,1-2H2. The summed E-state index contributed by atoms with van der Waals surface area (Å²) in [6, 6.07) is 0. The average molecular weight is 239 g/mol. The normalized spacial score (nSPS) is 10.0. The van der Waals surface area contributed by atoms with Crippen molar-refractivity contribution in [1.82, 2.24) is 15.0 Å². The summed E-state index contributed by atoms with van der Waals surface area (Å²) in [6.07, 6.45) is 1.77. The van der Waals surface area contributed by atoms with E-state index < -0.39 is 0 Å². The maximum atomic E-state index is 8.44. The second-order valence-corrected chi connectivity index (χ2v) is 2.63. The molecular formula is C4H6IN3O. The zero-order valence-electron chi connectivity index (χ0n) is 4.66. The van der Waals surface area contributed by atoms with Gasteiger partial charge in [0.15, 0.2) is 0 Å². The van der Waals surface area contributed by atoms with Crippen molar-refractivity contribution in [3.05, 3.63) is 9.90 Å². The maximum absolute atomic E-state index is 8.44. The van der Waals surface area contributed by atoms with Crippen LogP contribution in [-0.2, 0) is 6.54 Å². The lowest BCUT2D eigenvalue weighted by Gasteiger charge is -1.90. The Morgan fingerprint density at radius 2 is 2.56 bits per heavy atom. The van der Waals surface area contributed by atoms with Crippen LogP contribution in [-0.4, -0.2) is 26.7 Å². The second-order valence-electron chi connectivity index (χ2n) is 1.53. The number of hydrogen-bond acceptors (Lipinski definition) is 3. The Balaban J connectivity index is 2.61. The predicted octanol–water partition coefficient (Wildman–Crippen LogP) is -0.125. The van der Waals surface area contributed by atoms with Crippen LogP contribution in [0, 0.1) is 3.70 Å². The molecule has 0 unspecified atom stereocenters. The van der Waals surface area contributed by atoms with E-state index in [1.54, 1.807) is 10.9 Å². The SMILES string of the molecule is OCCn1cc(I)nn1. The largest absolute Gasteiger partial charge is 0.394 e. The third-order valence-electron chi connectivity index (χ3n) is 0.840. The van der Waals surface area contributed by atoms with E-state index in [0.29, 0.717) is 6.54 Å². The van der Waals surface area contributed by atoms with Gasteiger partial charge in [-0.1, -0.05) is 5.21 Å². The highest BCUT2D eigenvalue weighted by Gasteiger charge is 1.92. The maximum Gasteiger partial charge on any atom is 0.143 e. The van der Waals surface area contributed by atoms with Crippen molar-refractivity contribution in [3.8, 4) is 0 Å². The minimum atomic E-state index is 0.111. The minimum Gasteiger partial charge on any atom is -0.394 e. The summed E-state index contributed by atoms with van der Waals surface area (Å²) in [7, 11) is 0. The van der Waals surface area contributed by atoms with E-state index in [1.165, 1.54) is 0 Å². The first-order valence-corrected chi connectivity index (χ1v) is 3.57. The minimum absolute atomic E-state index is 0.111. The molecule has 50 valence electrons. The molecule has 5 heteroatoms. The summed E-state index contributed by atoms with van der Waals surface area (Å²) >= 11 is 2.06. The summed E-state index contributed by atoms with van der Waals surface area (Å²) < 4.78 is 2.45. The van der Waals surface area contributed by atoms with Gasteiger partial charge in [-0.3, -0.25) is 0 Å². The van der Waals surface area contributed by atoms with Crippen molar-refractivity contribution in [2.45, 2.75) is 6.54 Å². The first-order chi connectivity index (χ1) is 4.33. The Morgan fingerprint density at radius 1 is 1.78 bits per heavy atom. The summed E-state index contributed by atoms with van der Waals surface area (Å²) in [6.45, 7) is 0.634. The number of hydrogen-bond donors (Lipinski definition) is 1. The van der Waals surface area contributed by atoms with Gasteiger partial charge < -0.3 is 5.11 Å². The van der Waals surface area contributed by atoms with Gasteiger partial charge in [-0.05, 0) is 22.6 Å². The van der Waals surface area contributed by atoms with Crippen molar-refractivity contribution in [3.63, 3.8) is 0 Å². The van der Waals surface area contributed by atoms with Crippen LogP contribution in [0.2, 0.25) is 0 Å². The molecule has 0 aromatic carbocycles. The molecule has 1 heterocycles. The molecule has 0 saturated heterocycles. The van der Waals surface area contributed by atoms with Gasteiger partial charge in [-0.25, -0.2) is 4.68 Å². The second kappa shape index (κ2) is 3.11. The highest BCUT2D eigenvalue weighted by Crippen LogP contribution is 1.95.